The maximum absolute atomic E-state index is 5.99. The van der Waals surface area contributed by atoms with E-state index in [1.807, 2.05) is 48.5 Å². The summed E-state index contributed by atoms with van der Waals surface area (Å²) in [6, 6.07) is 24.2. The van der Waals surface area contributed by atoms with Crippen molar-refractivity contribution in [3.05, 3.63) is 83.4 Å². The molecule has 0 amide bonds. The molecule has 0 spiro atoms. The van der Waals surface area contributed by atoms with E-state index in [1.165, 1.54) is 5.56 Å². The van der Waals surface area contributed by atoms with Crippen molar-refractivity contribution >= 4 is 34.4 Å². The first-order valence-electron chi connectivity index (χ1n) is 7.15. The van der Waals surface area contributed by atoms with Crippen molar-refractivity contribution in [3.8, 4) is 0 Å². The zero-order valence-corrected chi connectivity index (χ0v) is 13.1. The number of nitrogens with one attached hydrogen (secondary N) is 2. The highest BCUT2D eigenvalue weighted by atomic mass is 35.5. The van der Waals surface area contributed by atoms with Gasteiger partial charge in [0.2, 0.25) is 0 Å². The first-order chi connectivity index (χ1) is 10.7. The molecule has 2 nitrogen and oxygen atoms in total. The minimum atomic E-state index is 0.725. The Hall–Kier alpha value is -2.45. The second-order valence-electron chi connectivity index (χ2n) is 5.20. The second-order valence-corrected chi connectivity index (χ2v) is 5.64. The summed E-state index contributed by atoms with van der Waals surface area (Å²) in [4.78, 5) is 0. The van der Waals surface area contributed by atoms with Gasteiger partial charge in [0.05, 0.1) is 0 Å². The van der Waals surface area contributed by atoms with Gasteiger partial charge in [0.25, 0.3) is 0 Å². The number of benzene rings is 3. The number of hydrogen-bond donors (Lipinski definition) is 2. The highest BCUT2D eigenvalue weighted by molar-refractivity contribution is 6.30. The maximum Gasteiger partial charge on any atom is 0.0426 e. The van der Waals surface area contributed by atoms with Gasteiger partial charge in [0, 0.05) is 27.8 Å². The summed E-state index contributed by atoms with van der Waals surface area (Å²) in [5, 5.41) is 7.44. The van der Waals surface area contributed by atoms with Crippen LogP contribution in [0.2, 0.25) is 5.02 Å². The van der Waals surface area contributed by atoms with Gasteiger partial charge in [-0.2, -0.15) is 0 Å². The fourth-order valence-electron chi connectivity index (χ4n) is 2.17. The van der Waals surface area contributed by atoms with Gasteiger partial charge in [-0.3, -0.25) is 0 Å². The topological polar surface area (TPSA) is 24.1 Å². The Balaban J connectivity index is 1.68. The molecule has 110 valence electrons. The van der Waals surface area contributed by atoms with Gasteiger partial charge in [0.1, 0.15) is 0 Å². The molecule has 0 aromatic heterocycles. The predicted molar refractivity (Wildman–Crippen MR) is 95.6 cm³/mol. The van der Waals surface area contributed by atoms with Crippen molar-refractivity contribution in [1.82, 2.24) is 0 Å². The standard InChI is InChI=1S/C19H17ClN2/c1-14-5-7-16(8-6-14)21-17-9-11-18(12-10-17)22-19-4-2-3-15(20)13-19/h2-13,21-22H,1H3. The van der Waals surface area contributed by atoms with Crippen LogP contribution in [0.1, 0.15) is 5.56 Å². The van der Waals surface area contributed by atoms with E-state index in [-0.39, 0.29) is 0 Å². The van der Waals surface area contributed by atoms with Gasteiger partial charge in [-0.05, 0) is 61.5 Å². The molecular formula is C19H17ClN2. The molecule has 0 saturated heterocycles. The lowest BCUT2D eigenvalue weighted by molar-refractivity contribution is 1.45. The van der Waals surface area contributed by atoms with E-state index >= 15 is 0 Å². The van der Waals surface area contributed by atoms with Crippen LogP contribution in [0.5, 0.6) is 0 Å². The van der Waals surface area contributed by atoms with Crippen molar-refractivity contribution in [2.45, 2.75) is 6.92 Å². The van der Waals surface area contributed by atoms with Crippen molar-refractivity contribution < 1.29 is 0 Å². The van der Waals surface area contributed by atoms with Gasteiger partial charge in [-0.1, -0.05) is 35.4 Å². The van der Waals surface area contributed by atoms with Crippen LogP contribution in [0.25, 0.3) is 0 Å². The van der Waals surface area contributed by atoms with Crippen LogP contribution in [0, 0.1) is 6.92 Å². The first kappa shape index (κ1) is 14.5. The van der Waals surface area contributed by atoms with Crippen molar-refractivity contribution in [1.29, 1.82) is 0 Å². The lowest BCUT2D eigenvalue weighted by Gasteiger charge is -2.10. The van der Waals surface area contributed by atoms with E-state index in [0.29, 0.717) is 0 Å². The zero-order chi connectivity index (χ0) is 15.4. The van der Waals surface area contributed by atoms with Crippen LogP contribution in [0.3, 0.4) is 0 Å². The summed E-state index contributed by atoms with van der Waals surface area (Å²) in [5.74, 6) is 0. The number of rotatable bonds is 4. The van der Waals surface area contributed by atoms with Crippen molar-refractivity contribution in [3.63, 3.8) is 0 Å². The summed E-state index contributed by atoms with van der Waals surface area (Å²) in [6.45, 7) is 2.08. The largest absolute Gasteiger partial charge is 0.356 e. The molecule has 22 heavy (non-hydrogen) atoms. The maximum atomic E-state index is 5.99. The fourth-order valence-corrected chi connectivity index (χ4v) is 2.36. The predicted octanol–water partition coefficient (Wildman–Crippen LogP) is 6.14. The third-order valence-corrected chi connectivity index (χ3v) is 3.57. The minimum absolute atomic E-state index is 0.725. The molecule has 0 aliphatic heterocycles. The molecule has 3 aromatic carbocycles. The summed E-state index contributed by atoms with van der Waals surface area (Å²) in [6.07, 6.45) is 0. The van der Waals surface area contributed by atoms with Crippen LogP contribution in [0.4, 0.5) is 22.7 Å². The number of anilines is 4. The summed E-state index contributed by atoms with van der Waals surface area (Å²) >= 11 is 5.99. The average Bonchev–Trinajstić information content (AvgIpc) is 2.52. The Morgan fingerprint density at radius 2 is 1.14 bits per heavy atom. The SMILES string of the molecule is Cc1ccc(Nc2ccc(Nc3cccc(Cl)c3)cc2)cc1. The smallest absolute Gasteiger partial charge is 0.0426 e. The van der Waals surface area contributed by atoms with E-state index in [9.17, 15) is 0 Å². The zero-order valence-electron chi connectivity index (χ0n) is 12.3. The van der Waals surface area contributed by atoms with Gasteiger partial charge in [-0.25, -0.2) is 0 Å². The summed E-state index contributed by atoms with van der Waals surface area (Å²) in [5.41, 5.74) is 5.40. The molecule has 0 aliphatic carbocycles. The molecule has 0 heterocycles. The first-order valence-corrected chi connectivity index (χ1v) is 7.53. The van der Waals surface area contributed by atoms with Gasteiger partial charge in [-0.15, -0.1) is 0 Å². The molecule has 3 rings (SSSR count). The van der Waals surface area contributed by atoms with E-state index in [2.05, 4.69) is 41.8 Å². The number of hydrogen-bond acceptors (Lipinski definition) is 2. The summed E-state index contributed by atoms with van der Waals surface area (Å²) in [7, 11) is 0. The fraction of sp³-hybridized carbons (Fsp3) is 0.0526. The minimum Gasteiger partial charge on any atom is -0.356 e. The average molecular weight is 309 g/mol. The second kappa shape index (κ2) is 6.54. The Morgan fingerprint density at radius 1 is 0.636 bits per heavy atom. The van der Waals surface area contributed by atoms with Crippen LogP contribution < -0.4 is 10.6 Å². The molecule has 0 fully saturated rings. The van der Waals surface area contributed by atoms with Crippen LogP contribution in [-0.4, -0.2) is 0 Å². The molecule has 3 heteroatoms. The molecule has 0 atom stereocenters. The van der Waals surface area contributed by atoms with Gasteiger partial charge < -0.3 is 10.6 Å². The van der Waals surface area contributed by atoms with Crippen LogP contribution in [-0.2, 0) is 0 Å². The van der Waals surface area contributed by atoms with E-state index < -0.39 is 0 Å². The Labute approximate surface area is 135 Å². The molecule has 0 bridgehead atoms. The highest BCUT2D eigenvalue weighted by Crippen LogP contribution is 2.23. The quantitative estimate of drug-likeness (QED) is 0.605. The number of halogens is 1. The van der Waals surface area contributed by atoms with Gasteiger partial charge in [0.15, 0.2) is 0 Å². The van der Waals surface area contributed by atoms with Gasteiger partial charge >= 0.3 is 0 Å². The third kappa shape index (κ3) is 3.80. The molecule has 2 N–H and O–H groups in total. The van der Waals surface area contributed by atoms with E-state index in [1.54, 1.807) is 0 Å². The third-order valence-electron chi connectivity index (χ3n) is 3.34. The molecular weight excluding hydrogens is 292 g/mol. The summed E-state index contributed by atoms with van der Waals surface area (Å²) < 4.78 is 0. The van der Waals surface area contributed by atoms with Crippen molar-refractivity contribution in [2.75, 3.05) is 10.6 Å². The molecule has 0 saturated carbocycles. The molecule has 0 radical (unpaired) electrons. The van der Waals surface area contributed by atoms with E-state index in [0.717, 1.165) is 27.8 Å². The lowest BCUT2D eigenvalue weighted by Crippen LogP contribution is -1.92. The Bertz CT molecular complexity index is 749. The normalized spacial score (nSPS) is 10.3. The molecule has 0 unspecified atom stereocenters. The van der Waals surface area contributed by atoms with E-state index in [4.69, 9.17) is 11.6 Å². The van der Waals surface area contributed by atoms with Crippen LogP contribution >= 0.6 is 11.6 Å². The highest BCUT2D eigenvalue weighted by Gasteiger charge is 1.98. The Kier molecular flexibility index (Phi) is 4.31. The lowest BCUT2D eigenvalue weighted by atomic mass is 10.2. The monoisotopic (exact) mass is 308 g/mol. The number of aryl methyl sites for hydroxylation is 1. The Morgan fingerprint density at radius 3 is 1.68 bits per heavy atom. The van der Waals surface area contributed by atoms with Crippen molar-refractivity contribution in [2.24, 2.45) is 0 Å². The molecule has 3 aromatic rings. The van der Waals surface area contributed by atoms with Crippen LogP contribution in [0.15, 0.2) is 72.8 Å². The molecule has 0 aliphatic rings.